The molecule has 1 aromatic rings. The Labute approximate surface area is 111 Å². The zero-order chi connectivity index (χ0) is 13.3. The van der Waals surface area contributed by atoms with Gasteiger partial charge in [0.25, 0.3) is 0 Å². The molecule has 1 aromatic carbocycles. The van der Waals surface area contributed by atoms with Gasteiger partial charge in [0, 0.05) is 12.2 Å². The highest BCUT2D eigenvalue weighted by atomic mass is 35.5. The Bertz CT molecular complexity index is 543. The summed E-state index contributed by atoms with van der Waals surface area (Å²) < 4.78 is 26.3. The van der Waals surface area contributed by atoms with Gasteiger partial charge in [-0.1, -0.05) is 11.6 Å². The minimum absolute atomic E-state index is 0.00764. The first-order chi connectivity index (χ1) is 8.40. The zero-order valence-corrected chi connectivity index (χ0v) is 11.2. The maximum atomic E-state index is 12.0. The van der Waals surface area contributed by atoms with Gasteiger partial charge in [-0.3, -0.25) is 0 Å². The van der Waals surface area contributed by atoms with Crippen molar-refractivity contribution in [1.29, 1.82) is 0 Å². The molecule has 100 valence electrons. The van der Waals surface area contributed by atoms with Gasteiger partial charge in [-0.15, -0.1) is 0 Å². The van der Waals surface area contributed by atoms with Crippen molar-refractivity contribution in [1.82, 2.24) is 4.72 Å². The summed E-state index contributed by atoms with van der Waals surface area (Å²) in [5.74, 6) is 0.217. The standard InChI is InChI=1S/C11H15ClN2O3S/c12-9-5-8(13)3-4-11(9)18(16,17)14-6-10(15)7-1-2-7/h3-5,7,10,14-15H,1-2,6,13H2. The molecule has 1 aliphatic carbocycles. The lowest BCUT2D eigenvalue weighted by Crippen LogP contribution is -2.33. The number of anilines is 1. The molecule has 2 rings (SSSR count). The van der Waals surface area contributed by atoms with E-state index in [1.165, 1.54) is 18.2 Å². The molecule has 1 atom stereocenters. The molecule has 0 radical (unpaired) electrons. The summed E-state index contributed by atoms with van der Waals surface area (Å²) in [6.07, 6.45) is 1.27. The molecular formula is C11H15ClN2O3S. The Morgan fingerprint density at radius 1 is 1.50 bits per heavy atom. The van der Waals surface area contributed by atoms with Gasteiger partial charge in [-0.25, -0.2) is 13.1 Å². The Balaban J connectivity index is 2.09. The van der Waals surface area contributed by atoms with Crippen LogP contribution in [-0.2, 0) is 10.0 Å². The number of halogens is 1. The fourth-order valence-corrected chi connectivity index (χ4v) is 3.26. The van der Waals surface area contributed by atoms with Crippen molar-refractivity contribution >= 4 is 27.3 Å². The molecule has 18 heavy (non-hydrogen) atoms. The monoisotopic (exact) mass is 290 g/mol. The molecule has 1 saturated carbocycles. The molecule has 0 spiro atoms. The van der Waals surface area contributed by atoms with E-state index in [1.54, 1.807) is 0 Å². The van der Waals surface area contributed by atoms with Crippen LogP contribution in [0.5, 0.6) is 0 Å². The lowest BCUT2D eigenvalue weighted by Gasteiger charge is -2.12. The number of nitrogens with one attached hydrogen (secondary N) is 1. The Morgan fingerprint density at radius 3 is 2.72 bits per heavy atom. The molecule has 1 aliphatic rings. The lowest BCUT2D eigenvalue weighted by molar-refractivity contribution is 0.155. The number of sulfonamides is 1. The summed E-state index contributed by atoms with van der Waals surface area (Å²) >= 11 is 5.84. The molecule has 1 fully saturated rings. The topological polar surface area (TPSA) is 92.4 Å². The average molecular weight is 291 g/mol. The summed E-state index contributed by atoms with van der Waals surface area (Å²) in [7, 11) is -3.71. The number of nitrogen functional groups attached to an aromatic ring is 1. The van der Waals surface area contributed by atoms with Gasteiger partial charge in [0.2, 0.25) is 10.0 Å². The smallest absolute Gasteiger partial charge is 0.242 e. The van der Waals surface area contributed by atoms with Gasteiger partial charge < -0.3 is 10.8 Å². The van der Waals surface area contributed by atoms with E-state index in [0.29, 0.717) is 5.69 Å². The number of hydrogen-bond donors (Lipinski definition) is 3. The number of aliphatic hydroxyl groups excluding tert-OH is 1. The second-order valence-electron chi connectivity index (χ2n) is 4.45. The highest BCUT2D eigenvalue weighted by Crippen LogP contribution is 2.32. The minimum atomic E-state index is -3.71. The van der Waals surface area contributed by atoms with Gasteiger partial charge >= 0.3 is 0 Å². The van der Waals surface area contributed by atoms with Crippen LogP contribution < -0.4 is 10.5 Å². The summed E-state index contributed by atoms with van der Waals surface area (Å²) in [6.45, 7) is 0.00764. The van der Waals surface area contributed by atoms with Crippen molar-refractivity contribution in [2.24, 2.45) is 5.92 Å². The van der Waals surface area contributed by atoms with Gasteiger partial charge in [-0.05, 0) is 37.0 Å². The van der Waals surface area contributed by atoms with Crippen molar-refractivity contribution in [2.75, 3.05) is 12.3 Å². The number of hydrogen-bond acceptors (Lipinski definition) is 4. The first-order valence-corrected chi connectivity index (χ1v) is 7.49. The maximum Gasteiger partial charge on any atom is 0.242 e. The SMILES string of the molecule is Nc1ccc(S(=O)(=O)NCC(O)C2CC2)c(Cl)c1. The summed E-state index contributed by atoms with van der Waals surface area (Å²) in [5.41, 5.74) is 5.90. The van der Waals surface area contributed by atoms with Gasteiger partial charge in [0.1, 0.15) is 4.90 Å². The predicted molar refractivity (Wildman–Crippen MR) is 69.8 cm³/mol. The normalized spacial score (nSPS) is 17.7. The molecule has 0 aromatic heterocycles. The van der Waals surface area contributed by atoms with Crippen LogP contribution in [0.2, 0.25) is 5.02 Å². The maximum absolute atomic E-state index is 12.0. The summed E-state index contributed by atoms with van der Waals surface area (Å²) in [4.78, 5) is -0.0265. The van der Waals surface area contributed by atoms with Crippen molar-refractivity contribution < 1.29 is 13.5 Å². The third-order valence-electron chi connectivity index (χ3n) is 2.89. The molecule has 7 heteroatoms. The summed E-state index contributed by atoms with van der Waals surface area (Å²) in [6, 6.07) is 4.20. The molecule has 4 N–H and O–H groups in total. The van der Waals surface area contributed by atoms with Crippen molar-refractivity contribution in [3.05, 3.63) is 23.2 Å². The highest BCUT2D eigenvalue weighted by molar-refractivity contribution is 7.89. The van der Waals surface area contributed by atoms with E-state index in [4.69, 9.17) is 17.3 Å². The molecule has 1 unspecified atom stereocenters. The second kappa shape index (κ2) is 5.05. The van der Waals surface area contributed by atoms with E-state index in [9.17, 15) is 13.5 Å². The second-order valence-corrected chi connectivity index (χ2v) is 6.59. The van der Waals surface area contributed by atoms with Crippen molar-refractivity contribution in [3.8, 4) is 0 Å². The van der Waals surface area contributed by atoms with Gasteiger partial charge in [0.05, 0.1) is 11.1 Å². The fraction of sp³-hybridized carbons (Fsp3) is 0.455. The van der Waals surface area contributed by atoms with Crippen molar-refractivity contribution in [2.45, 2.75) is 23.8 Å². The van der Waals surface area contributed by atoms with Crippen LogP contribution in [0.15, 0.2) is 23.1 Å². The fourth-order valence-electron chi connectivity index (χ4n) is 1.66. The molecule has 0 amide bonds. The number of rotatable bonds is 5. The van der Waals surface area contributed by atoms with E-state index in [2.05, 4.69) is 4.72 Å². The quantitative estimate of drug-likeness (QED) is 0.705. The third-order valence-corrected chi connectivity index (χ3v) is 4.80. The van der Waals surface area contributed by atoms with Crippen LogP contribution in [0, 0.1) is 5.92 Å². The molecular weight excluding hydrogens is 276 g/mol. The van der Waals surface area contributed by atoms with Crippen LogP contribution in [-0.4, -0.2) is 26.2 Å². The minimum Gasteiger partial charge on any atom is -0.399 e. The van der Waals surface area contributed by atoms with Crippen LogP contribution >= 0.6 is 11.6 Å². The zero-order valence-electron chi connectivity index (χ0n) is 9.64. The molecule has 0 aliphatic heterocycles. The predicted octanol–water partition coefficient (Wildman–Crippen LogP) is 0.971. The van der Waals surface area contributed by atoms with Crippen LogP contribution in [0.3, 0.4) is 0 Å². The van der Waals surface area contributed by atoms with Gasteiger partial charge in [0.15, 0.2) is 0 Å². The molecule has 0 bridgehead atoms. The van der Waals surface area contributed by atoms with E-state index in [1.807, 2.05) is 0 Å². The summed E-state index contributed by atoms with van der Waals surface area (Å²) in [5, 5.41) is 9.71. The van der Waals surface area contributed by atoms with Crippen molar-refractivity contribution in [3.63, 3.8) is 0 Å². The first kappa shape index (κ1) is 13.6. The van der Waals surface area contributed by atoms with E-state index in [0.717, 1.165) is 12.8 Å². The Hall–Kier alpha value is -0.820. The van der Waals surface area contributed by atoms with E-state index >= 15 is 0 Å². The largest absolute Gasteiger partial charge is 0.399 e. The number of benzene rings is 1. The van der Waals surface area contributed by atoms with Crippen LogP contribution in [0.25, 0.3) is 0 Å². The average Bonchev–Trinajstić information content (AvgIpc) is 3.09. The number of nitrogens with two attached hydrogens (primary N) is 1. The number of aliphatic hydroxyl groups is 1. The lowest BCUT2D eigenvalue weighted by atomic mass is 10.2. The molecule has 0 heterocycles. The first-order valence-electron chi connectivity index (χ1n) is 5.63. The molecule has 0 saturated heterocycles. The van der Waals surface area contributed by atoms with Crippen LogP contribution in [0.1, 0.15) is 12.8 Å². The van der Waals surface area contributed by atoms with E-state index < -0.39 is 16.1 Å². The van der Waals surface area contributed by atoms with Crippen LogP contribution in [0.4, 0.5) is 5.69 Å². The highest BCUT2D eigenvalue weighted by Gasteiger charge is 2.30. The van der Waals surface area contributed by atoms with E-state index in [-0.39, 0.29) is 22.4 Å². The Morgan fingerprint density at radius 2 is 2.17 bits per heavy atom. The Kier molecular flexibility index (Phi) is 3.82. The third kappa shape index (κ3) is 3.14. The van der Waals surface area contributed by atoms with Gasteiger partial charge in [-0.2, -0.15) is 0 Å². The molecule has 5 nitrogen and oxygen atoms in total.